The number of hydrogen-bond donors (Lipinski definition) is 1. The van der Waals surface area contributed by atoms with Crippen molar-refractivity contribution in [2.45, 2.75) is 19.4 Å². The highest BCUT2D eigenvalue weighted by atomic mass is 32.2. The Morgan fingerprint density at radius 1 is 1.19 bits per heavy atom. The highest BCUT2D eigenvalue weighted by Gasteiger charge is 2.31. The van der Waals surface area contributed by atoms with Gasteiger partial charge in [-0.1, -0.05) is 37.8 Å². The van der Waals surface area contributed by atoms with Crippen LogP contribution in [-0.2, 0) is 14.8 Å². The third kappa shape index (κ3) is 5.59. The number of nitrogens with one attached hydrogen (secondary N) is 1. The highest BCUT2D eigenvalue weighted by molar-refractivity contribution is 7.92. The summed E-state index contributed by atoms with van der Waals surface area (Å²) in [7, 11) is -3.64. The third-order valence-electron chi connectivity index (χ3n) is 3.83. The predicted octanol–water partition coefficient (Wildman–Crippen LogP) is 3.43. The number of amides is 1. The first-order valence-corrected chi connectivity index (χ1v) is 10.4. The average Bonchev–Trinajstić information content (AvgIpc) is 2.65. The van der Waals surface area contributed by atoms with Gasteiger partial charge in [-0.2, -0.15) is 0 Å². The molecule has 0 saturated heterocycles. The molecule has 0 bridgehead atoms. The Morgan fingerprint density at radius 2 is 1.81 bits per heavy atom. The summed E-state index contributed by atoms with van der Waals surface area (Å²) >= 11 is 0. The van der Waals surface area contributed by atoms with Crippen LogP contribution in [0.1, 0.15) is 13.3 Å². The van der Waals surface area contributed by atoms with Crippen molar-refractivity contribution >= 4 is 27.3 Å². The predicted molar refractivity (Wildman–Crippen MR) is 109 cm³/mol. The van der Waals surface area contributed by atoms with Crippen molar-refractivity contribution in [1.82, 2.24) is 0 Å². The lowest BCUT2D eigenvalue weighted by atomic mass is 10.2. The van der Waals surface area contributed by atoms with Crippen molar-refractivity contribution in [2.24, 2.45) is 0 Å². The number of carbonyl (C=O) groups is 1. The van der Waals surface area contributed by atoms with Gasteiger partial charge in [0.1, 0.15) is 18.4 Å². The van der Waals surface area contributed by atoms with E-state index < -0.39 is 22.0 Å². The molecule has 0 fully saturated rings. The monoisotopic (exact) mass is 388 g/mol. The molecule has 1 atom stereocenters. The lowest BCUT2D eigenvalue weighted by molar-refractivity contribution is -0.117. The molecule has 27 heavy (non-hydrogen) atoms. The molecule has 0 radical (unpaired) electrons. The van der Waals surface area contributed by atoms with Crippen LogP contribution >= 0.6 is 0 Å². The second-order valence-electron chi connectivity index (χ2n) is 5.93. The smallest absolute Gasteiger partial charge is 0.248 e. The van der Waals surface area contributed by atoms with E-state index in [1.54, 1.807) is 67.6 Å². The number of carbonyl (C=O) groups excluding carboxylic acids is 1. The topological polar surface area (TPSA) is 75.7 Å². The second kappa shape index (κ2) is 9.23. The zero-order valence-corrected chi connectivity index (χ0v) is 16.3. The molecule has 6 nitrogen and oxygen atoms in total. The zero-order valence-electron chi connectivity index (χ0n) is 15.5. The van der Waals surface area contributed by atoms with E-state index in [0.29, 0.717) is 30.2 Å². The summed E-state index contributed by atoms with van der Waals surface area (Å²) in [6, 6.07) is 14.6. The Balaban J connectivity index is 2.21. The van der Waals surface area contributed by atoms with E-state index >= 15 is 0 Å². The van der Waals surface area contributed by atoms with E-state index in [-0.39, 0.29) is 0 Å². The number of ether oxygens (including phenoxy) is 1. The van der Waals surface area contributed by atoms with Gasteiger partial charge >= 0.3 is 0 Å². The number of hydrogen-bond acceptors (Lipinski definition) is 4. The fourth-order valence-electron chi connectivity index (χ4n) is 2.65. The first-order chi connectivity index (χ1) is 12.9. The second-order valence-corrected chi connectivity index (χ2v) is 7.79. The van der Waals surface area contributed by atoms with Gasteiger partial charge in [0.2, 0.25) is 15.9 Å². The zero-order chi connectivity index (χ0) is 19.9. The number of sulfonamides is 1. The number of para-hydroxylation sites is 1. The van der Waals surface area contributed by atoms with Crippen LogP contribution in [0.3, 0.4) is 0 Å². The van der Waals surface area contributed by atoms with E-state index in [0.717, 1.165) is 10.6 Å². The average molecular weight is 388 g/mol. The van der Waals surface area contributed by atoms with Gasteiger partial charge < -0.3 is 10.1 Å². The van der Waals surface area contributed by atoms with E-state index in [4.69, 9.17) is 4.74 Å². The minimum atomic E-state index is -3.64. The van der Waals surface area contributed by atoms with Crippen LogP contribution in [0.15, 0.2) is 67.3 Å². The molecule has 1 N–H and O–H groups in total. The quantitative estimate of drug-likeness (QED) is 0.668. The van der Waals surface area contributed by atoms with Crippen LogP contribution in [0.4, 0.5) is 11.4 Å². The summed E-state index contributed by atoms with van der Waals surface area (Å²) in [5.41, 5.74) is 1.01. The SMILES string of the molecule is C=CCOc1ccc(NC(=O)C(CC)N(c2ccccc2)S(C)(=O)=O)cc1. The summed E-state index contributed by atoms with van der Waals surface area (Å²) in [5, 5.41) is 2.78. The number of anilines is 2. The first-order valence-electron chi connectivity index (χ1n) is 8.56. The number of nitrogens with zero attached hydrogens (tertiary/aromatic N) is 1. The molecular weight excluding hydrogens is 364 g/mol. The summed E-state index contributed by atoms with van der Waals surface area (Å²) in [5.74, 6) is 0.258. The van der Waals surface area contributed by atoms with Gasteiger partial charge in [0.05, 0.1) is 11.9 Å². The molecule has 1 unspecified atom stereocenters. The molecule has 144 valence electrons. The summed E-state index contributed by atoms with van der Waals surface area (Å²) in [6.07, 6.45) is 3.07. The maximum Gasteiger partial charge on any atom is 0.248 e. The fourth-order valence-corrected chi connectivity index (χ4v) is 3.86. The molecule has 2 aromatic rings. The maximum absolute atomic E-state index is 12.8. The van der Waals surface area contributed by atoms with Crippen LogP contribution in [0, 0.1) is 0 Å². The Bertz CT molecular complexity index is 865. The molecule has 0 aliphatic rings. The summed E-state index contributed by atoms with van der Waals surface area (Å²) in [6.45, 7) is 5.76. The third-order valence-corrected chi connectivity index (χ3v) is 5.01. The molecule has 0 saturated carbocycles. The lowest BCUT2D eigenvalue weighted by Crippen LogP contribution is -2.46. The molecule has 2 aromatic carbocycles. The minimum Gasteiger partial charge on any atom is -0.490 e. The van der Waals surface area contributed by atoms with E-state index in [1.807, 2.05) is 0 Å². The summed E-state index contributed by atoms with van der Waals surface area (Å²) in [4.78, 5) is 12.8. The molecule has 0 heterocycles. The van der Waals surface area contributed by atoms with E-state index in [9.17, 15) is 13.2 Å². The largest absolute Gasteiger partial charge is 0.490 e. The van der Waals surface area contributed by atoms with Crippen molar-refractivity contribution < 1.29 is 17.9 Å². The standard InChI is InChI=1S/C20H24N2O4S/c1-4-15-26-18-13-11-16(12-14-18)21-20(23)19(5-2)22(27(3,24)25)17-9-7-6-8-10-17/h4,6-14,19H,1,5,15H2,2-3H3,(H,21,23). The van der Waals surface area contributed by atoms with Crippen LogP contribution in [0.25, 0.3) is 0 Å². The van der Waals surface area contributed by atoms with Crippen molar-refractivity contribution in [3.8, 4) is 5.75 Å². The van der Waals surface area contributed by atoms with Gasteiger partial charge in [-0.25, -0.2) is 8.42 Å². The van der Waals surface area contributed by atoms with Gasteiger partial charge in [0.15, 0.2) is 0 Å². The molecule has 2 rings (SSSR count). The summed E-state index contributed by atoms with van der Waals surface area (Å²) < 4.78 is 31.3. The number of rotatable bonds is 9. The Kier molecular flexibility index (Phi) is 7.01. The van der Waals surface area contributed by atoms with Crippen LogP contribution in [0.5, 0.6) is 5.75 Å². The van der Waals surface area contributed by atoms with Crippen molar-refractivity contribution in [3.63, 3.8) is 0 Å². The molecule has 0 spiro atoms. The molecule has 0 aromatic heterocycles. The molecular formula is C20H24N2O4S. The fraction of sp³-hybridized carbons (Fsp3) is 0.250. The van der Waals surface area contributed by atoms with Gasteiger partial charge in [0, 0.05) is 5.69 Å². The van der Waals surface area contributed by atoms with Crippen LogP contribution in [-0.4, -0.2) is 33.2 Å². The highest BCUT2D eigenvalue weighted by Crippen LogP contribution is 2.23. The van der Waals surface area contributed by atoms with E-state index in [1.165, 1.54) is 0 Å². The maximum atomic E-state index is 12.8. The van der Waals surface area contributed by atoms with Crippen LogP contribution in [0.2, 0.25) is 0 Å². The Morgan fingerprint density at radius 3 is 2.33 bits per heavy atom. The Hall–Kier alpha value is -2.80. The van der Waals surface area contributed by atoms with Crippen molar-refractivity contribution in [2.75, 3.05) is 22.5 Å². The normalized spacial score (nSPS) is 12.1. The van der Waals surface area contributed by atoms with Crippen LogP contribution < -0.4 is 14.4 Å². The van der Waals surface area contributed by atoms with Gasteiger partial charge in [-0.15, -0.1) is 0 Å². The molecule has 7 heteroatoms. The van der Waals surface area contributed by atoms with E-state index in [2.05, 4.69) is 11.9 Å². The molecule has 0 aliphatic heterocycles. The van der Waals surface area contributed by atoms with Gasteiger partial charge in [-0.05, 0) is 42.8 Å². The number of benzene rings is 2. The first kappa shape index (κ1) is 20.5. The van der Waals surface area contributed by atoms with Gasteiger partial charge in [0.25, 0.3) is 0 Å². The Labute approximate surface area is 160 Å². The molecule has 1 amide bonds. The van der Waals surface area contributed by atoms with Gasteiger partial charge in [-0.3, -0.25) is 9.10 Å². The van der Waals surface area contributed by atoms with Crippen molar-refractivity contribution in [3.05, 3.63) is 67.3 Å². The lowest BCUT2D eigenvalue weighted by Gasteiger charge is -2.30. The minimum absolute atomic E-state index is 0.328. The molecule has 0 aliphatic carbocycles. The van der Waals surface area contributed by atoms with Crippen molar-refractivity contribution in [1.29, 1.82) is 0 Å².